The van der Waals surface area contributed by atoms with Crippen LogP contribution in [0.2, 0.25) is 0 Å². The number of esters is 2. The number of carbonyl (C=O) groups excluding carboxylic acids is 2. The van der Waals surface area contributed by atoms with Crippen molar-refractivity contribution in [1.82, 2.24) is 9.55 Å². The summed E-state index contributed by atoms with van der Waals surface area (Å²) in [6.07, 6.45) is 0.937. The van der Waals surface area contributed by atoms with Crippen molar-refractivity contribution in [2.75, 3.05) is 6.61 Å². The van der Waals surface area contributed by atoms with Gasteiger partial charge in [0.15, 0.2) is 0 Å². The first-order chi connectivity index (χ1) is 9.79. The van der Waals surface area contributed by atoms with E-state index in [1.807, 2.05) is 0 Å². The molecular weight excluding hydrogens is 348 g/mol. The summed E-state index contributed by atoms with van der Waals surface area (Å²) in [7, 11) is 0. The molecule has 9 heteroatoms. The second-order valence-corrected chi connectivity index (χ2v) is 5.11. The van der Waals surface area contributed by atoms with Gasteiger partial charge in [-0.05, 0) is 15.9 Å². The summed E-state index contributed by atoms with van der Waals surface area (Å²) in [5, 5.41) is 0. The third-order valence-electron chi connectivity index (χ3n) is 2.46. The predicted octanol–water partition coefficient (Wildman–Crippen LogP) is 0.184. The van der Waals surface area contributed by atoms with Gasteiger partial charge in [-0.1, -0.05) is 0 Å². The van der Waals surface area contributed by atoms with Crippen molar-refractivity contribution in [3.8, 4) is 0 Å². The Kier molecular flexibility index (Phi) is 6.35. The number of aromatic amines is 1. The fraction of sp³-hybridized carbons (Fsp3) is 0.500. The number of H-pyrrole nitrogens is 1. The van der Waals surface area contributed by atoms with Crippen molar-refractivity contribution < 1.29 is 19.1 Å². The molecule has 0 radical (unpaired) electrons. The van der Waals surface area contributed by atoms with Gasteiger partial charge in [0.1, 0.15) is 12.7 Å². The van der Waals surface area contributed by atoms with E-state index < -0.39 is 29.3 Å². The largest absolute Gasteiger partial charge is 0.462 e. The molecule has 1 atom stereocenters. The molecule has 0 aliphatic rings. The van der Waals surface area contributed by atoms with Gasteiger partial charge < -0.3 is 9.47 Å². The van der Waals surface area contributed by atoms with Crippen LogP contribution in [0.4, 0.5) is 0 Å². The van der Waals surface area contributed by atoms with Crippen LogP contribution in [-0.2, 0) is 25.6 Å². The standard InChI is InChI=1S/C12H15BrN2O6/c1-7(16)20-6-9(21-8(2)17)3-4-15-5-10(13)11(18)14-12(15)19/h5,9H,3-4,6H2,1-2H3,(H,14,18,19)/t9-/m0/s1. The van der Waals surface area contributed by atoms with Gasteiger partial charge in [0.2, 0.25) is 0 Å². The monoisotopic (exact) mass is 362 g/mol. The highest BCUT2D eigenvalue weighted by atomic mass is 79.9. The van der Waals surface area contributed by atoms with E-state index in [-0.39, 0.29) is 24.0 Å². The van der Waals surface area contributed by atoms with Crippen molar-refractivity contribution in [2.45, 2.75) is 32.9 Å². The second kappa shape index (κ2) is 7.77. The fourth-order valence-corrected chi connectivity index (χ4v) is 1.90. The SMILES string of the molecule is CC(=O)OC[C@H](CCn1cc(Br)c(=O)[nH]c1=O)OC(C)=O. The molecule has 21 heavy (non-hydrogen) atoms. The summed E-state index contributed by atoms with van der Waals surface area (Å²) in [4.78, 5) is 46.7. The van der Waals surface area contributed by atoms with E-state index in [4.69, 9.17) is 9.47 Å². The Balaban J connectivity index is 2.73. The zero-order valence-corrected chi connectivity index (χ0v) is 13.1. The van der Waals surface area contributed by atoms with E-state index in [9.17, 15) is 19.2 Å². The Labute approximate surface area is 128 Å². The van der Waals surface area contributed by atoms with Crippen LogP contribution >= 0.6 is 15.9 Å². The lowest BCUT2D eigenvalue weighted by Crippen LogP contribution is -2.32. The average molecular weight is 363 g/mol. The summed E-state index contributed by atoms with van der Waals surface area (Å²) >= 11 is 3.02. The first-order valence-electron chi connectivity index (χ1n) is 6.09. The molecule has 0 bridgehead atoms. The Bertz CT molecular complexity index is 635. The van der Waals surface area contributed by atoms with Gasteiger partial charge in [0, 0.05) is 33.0 Å². The molecule has 0 aromatic carbocycles. The van der Waals surface area contributed by atoms with Gasteiger partial charge in [-0.15, -0.1) is 0 Å². The second-order valence-electron chi connectivity index (χ2n) is 4.25. The number of halogens is 1. The normalized spacial score (nSPS) is 11.8. The summed E-state index contributed by atoms with van der Waals surface area (Å²) in [5.41, 5.74) is -1.09. The zero-order chi connectivity index (χ0) is 16.0. The molecular formula is C12H15BrN2O6. The minimum absolute atomic E-state index is 0.0891. The zero-order valence-electron chi connectivity index (χ0n) is 11.6. The number of aromatic nitrogens is 2. The minimum atomic E-state index is -0.663. The van der Waals surface area contributed by atoms with Crippen LogP contribution in [-0.4, -0.2) is 34.2 Å². The lowest BCUT2D eigenvalue weighted by atomic mass is 10.2. The van der Waals surface area contributed by atoms with Gasteiger partial charge in [0.25, 0.3) is 5.56 Å². The summed E-state index contributed by atoms with van der Waals surface area (Å²) in [5.74, 6) is -1.00. The maximum absolute atomic E-state index is 11.6. The molecule has 0 saturated carbocycles. The van der Waals surface area contributed by atoms with Crippen molar-refractivity contribution in [1.29, 1.82) is 0 Å². The highest BCUT2D eigenvalue weighted by Crippen LogP contribution is 2.04. The van der Waals surface area contributed by atoms with E-state index in [0.717, 1.165) is 0 Å². The number of nitrogens with zero attached hydrogens (tertiary/aromatic N) is 1. The highest BCUT2D eigenvalue weighted by molar-refractivity contribution is 9.10. The van der Waals surface area contributed by atoms with E-state index in [0.29, 0.717) is 0 Å². The first kappa shape index (κ1) is 17.2. The fourth-order valence-electron chi connectivity index (χ4n) is 1.55. The van der Waals surface area contributed by atoms with Crippen LogP contribution in [0, 0.1) is 0 Å². The van der Waals surface area contributed by atoms with Crippen LogP contribution in [0.1, 0.15) is 20.3 Å². The quantitative estimate of drug-likeness (QED) is 0.723. The van der Waals surface area contributed by atoms with Crippen molar-refractivity contribution >= 4 is 27.9 Å². The highest BCUT2D eigenvalue weighted by Gasteiger charge is 2.15. The number of rotatable bonds is 6. The van der Waals surface area contributed by atoms with Gasteiger partial charge in [0.05, 0.1) is 4.47 Å². The number of nitrogens with one attached hydrogen (secondary N) is 1. The van der Waals surface area contributed by atoms with Crippen LogP contribution in [0.3, 0.4) is 0 Å². The Hall–Kier alpha value is -1.90. The number of hydrogen-bond donors (Lipinski definition) is 1. The lowest BCUT2D eigenvalue weighted by Gasteiger charge is -2.17. The third-order valence-corrected chi connectivity index (χ3v) is 3.03. The first-order valence-corrected chi connectivity index (χ1v) is 6.88. The molecule has 1 N–H and O–H groups in total. The molecule has 1 aromatic heterocycles. The third kappa shape index (κ3) is 5.94. The van der Waals surface area contributed by atoms with Crippen LogP contribution < -0.4 is 11.2 Å². The summed E-state index contributed by atoms with van der Waals surface area (Å²) in [6, 6.07) is 0. The lowest BCUT2D eigenvalue weighted by molar-refractivity contribution is -0.156. The predicted molar refractivity (Wildman–Crippen MR) is 75.8 cm³/mol. The Morgan fingerprint density at radius 3 is 2.57 bits per heavy atom. The van der Waals surface area contributed by atoms with Crippen molar-refractivity contribution in [2.24, 2.45) is 0 Å². The molecule has 1 rings (SSSR count). The molecule has 8 nitrogen and oxygen atoms in total. The summed E-state index contributed by atoms with van der Waals surface area (Å²) < 4.78 is 11.3. The van der Waals surface area contributed by atoms with E-state index in [2.05, 4.69) is 20.9 Å². The molecule has 0 saturated heterocycles. The molecule has 0 aliphatic carbocycles. The number of ether oxygens (including phenoxy) is 2. The van der Waals surface area contributed by atoms with Crippen molar-refractivity contribution in [3.63, 3.8) is 0 Å². The van der Waals surface area contributed by atoms with Gasteiger partial charge in [-0.2, -0.15) is 0 Å². The molecule has 0 aliphatic heterocycles. The van der Waals surface area contributed by atoms with E-state index >= 15 is 0 Å². The number of carbonyl (C=O) groups is 2. The molecule has 116 valence electrons. The minimum Gasteiger partial charge on any atom is -0.462 e. The van der Waals surface area contributed by atoms with E-state index in [1.54, 1.807) is 0 Å². The summed E-state index contributed by atoms with van der Waals surface area (Å²) in [6.45, 7) is 2.58. The van der Waals surface area contributed by atoms with Gasteiger partial charge in [-0.3, -0.25) is 23.9 Å². The molecule has 0 fully saturated rings. The van der Waals surface area contributed by atoms with Crippen molar-refractivity contribution in [3.05, 3.63) is 31.5 Å². The van der Waals surface area contributed by atoms with Gasteiger partial charge in [-0.25, -0.2) is 4.79 Å². The molecule has 1 heterocycles. The van der Waals surface area contributed by atoms with Gasteiger partial charge >= 0.3 is 17.6 Å². The Morgan fingerprint density at radius 1 is 1.33 bits per heavy atom. The molecule has 1 aromatic rings. The number of aryl methyl sites for hydroxylation is 1. The topological polar surface area (TPSA) is 107 Å². The molecule has 0 amide bonds. The molecule has 0 spiro atoms. The molecule has 0 unspecified atom stereocenters. The van der Waals surface area contributed by atoms with Crippen LogP contribution in [0.5, 0.6) is 0 Å². The van der Waals surface area contributed by atoms with E-state index in [1.165, 1.54) is 24.6 Å². The average Bonchev–Trinajstić information content (AvgIpc) is 2.37. The maximum atomic E-state index is 11.6. The Morgan fingerprint density at radius 2 is 2.00 bits per heavy atom. The number of hydrogen-bond acceptors (Lipinski definition) is 6. The smallest absolute Gasteiger partial charge is 0.328 e. The van der Waals surface area contributed by atoms with Crippen LogP contribution in [0.15, 0.2) is 20.3 Å². The maximum Gasteiger partial charge on any atom is 0.328 e. The van der Waals surface area contributed by atoms with Crippen LogP contribution in [0.25, 0.3) is 0 Å².